The normalized spacial score (nSPS) is 9.64. The summed E-state index contributed by atoms with van der Waals surface area (Å²) in [4.78, 5) is 3.67. The molecule has 0 aliphatic heterocycles. The molecule has 1 rings (SSSR count). The van der Waals surface area contributed by atoms with Gasteiger partial charge in [-0.05, 0) is 6.92 Å². The van der Waals surface area contributed by atoms with Gasteiger partial charge in [-0.2, -0.15) is 9.65 Å². The van der Waals surface area contributed by atoms with Crippen molar-refractivity contribution < 1.29 is 4.39 Å². The Morgan fingerprint density at radius 1 is 1.57 bits per heavy atom. The highest BCUT2D eigenvalue weighted by molar-refractivity contribution is 7.35. The average Bonchev–Trinajstić information content (AvgIpc) is 2.15. The first kappa shape index (κ1) is 11.2. The Morgan fingerprint density at radius 2 is 2.14 bits per heavy atom. The number of aromatic nitrogens is 1. The summed E-state index contributed by atoms with van der Waals surface area (Å²) in [5.74, 6) is -0.562. The van der Waals surface area contributed by atoms with Gasteiger partial charge in [-0.3, -0.25) is 0 Å². The van der Waals surface area contributed by atoms with Crippen molar-refractivity contribution in [3.63, 3.8) is 0 Å². The molecule has 0 saturated carbocycles. The first-order valence-electron chi connectivity index (χ1n) is 3.79. The number of pyridine rings is 1. The minimum absolute atomic E-state index is 0.248. The van der Waals surface area contributed by atoms with Crippen LogP contribution in [0.15, 0.2) is 6.58 Å². The fraction of sp³-hybridized carbons (Fsp3) is 0.111. The Bertz CT molecular complexity index is 423. The van der Waals surface area contributed by atoms with Crippen molar-refractivity contribution in [1.29, 1.82) is 5.26 Å². The van der Waals surface area contributed by atoms with Crippen LogP contribution in [-0.2, 0) is 0 Å². The van der Waals surface area contributed by atoms with Gasteiger partial charge in [-0.15, -0.1) is 9.24 Å². The molecule has 2 atom stereocenters. The fourth-order valence-electron chi connectivity index (χ4n) is 1.13. The van der Waals surface area contributed by atoms with Crippen molar-refractivity contribution in [3.8, 4) is 6.07 Å². The first-order chi connectivity index (χ1) is 6.49. The standard InChI is InChI=1S/C9H9FN2P2/c1-4(3-11)6-5(2)8(10)12-9(14)7(6)13/h1,13-14H2,2H3. The summed E-state index contributed by atoms with van der Waals surface area (Å²) in [5.41, 5.74) is 1.60. The van der Waals surface area contributed by atoms with Crippen LogP contribution in [0.2, 0.25) is 0 Å². The van der Waals surface area contributed by atoms with Crippen molar-refractivity contribution >= 4 is 34.8 Å². The Kier molecular flexibility index (Phi) is 3.32. The lowest BCUT2D eigenvalue weighted by Crippen LogP contribution is -2.22. The molecular weight excluding hydrogens is 217 g/mol. The van der Waals surface area contributed by atoms with Gasteiger partial charge in [-0.1, -0.05) is 15.8 Å². The molecule has 0 N–H and O–H groups in total. The third-order valence-electron chi connectivity index (χ3n) is 1.89. The van der Waals surface area contributed by atoms with Gasteiger partial charge in [0.05, 0.1) is 17.1 Å². The topological polar surface area (TPSA) is 36.7 Å². The Labute approximate surface area is 86.6 Å². The van der Waals surface area contributed by atoms with Gasteiger partial charge >= 0.3 is 0 Å². The Balaban J connectivity index is 3.57. The van der Waals surface area contributed by atoms with Crippen LogP contribution in [0.3, 0.4) is 0 Å². The number of rotatable bonds is 1. The molecule has 0 bridgehead atoms. The third-order valence-corrected chi connectivity index (χ3v) is 3.24. The third kappa shape index (κ3) is 1.82. The molecule has 0 radical (unpaired) electrons. The zero-order chi connectivity index (χ0) is 10.9. The summed E-state index contributed by atoms with van der Waals surface area (Å²) < 4.78 is 13.2. The van der Waals surface area contributed by atoms with Gasteiger partial charge in [0.2, 0.25) is 5.95 Å². The van der Waals surface area contributed by atoms with Gasteiger partial charge in [0.25, 0.3) is 0 Å². The van der Waals surface area contributed by atoms with Crippen molar-refractivity contribution in [3.05, 3.63) is 23.7 Å². The summed E-state index contributed by atoms with van der Waals surface area (Å²) in [6.45, 7) is 5.15. The average molecular weight is 226 g/mol. The lowest BCUT2D eigenvalue weighted by molar-refractivity contribution is 0.578. The van der Waals surface area contributed by atoms with E-state index in [2.05, 4.69) is 30.0 Å². The van der Waals surface area contributed by atoms with E-state index in [1.54, 1.807) is 6.92 Å². The predicted molar refractivity (Wildman–Crippen MR) is 62.3 cm³/mol. The van der Waals surface area contributed by atoms with E-state index in [1.165, 1.54) is 0 Å². The molecule has 1 aromatic heterocycles. The van der Waals surface area contributed by atoms with Crippen LogP contribution in [-0.4, -0.2) is 4.98 Å². The molecule has 0 spiro atoms. The molecule has 72 valence electrons. The number of nitriles is 1. The molecule has 1 heterocycles. The van der Waals surface area contributed by atoms with Gasteiger partial charge in [0.1, 0.15) is 0 Å². The molecule has 0 aromatic carbocycles. The van der Waals surface area contributed by atoms with Crippen LogP contribution < -0.4 is 10.7 Å². The molecule has 0 amide bonds. The van der Waals surface area contributed by atoms with E-state index in [-0.39, 0.29) is 5.57 Å². The maximum Gasteiger partial charge on any atom is 0.217 e. The van der Waals surface area contributed by atoms with E-state index in [4.69, 9.17) is 5.26 Å². The molecule has 2 unspecified atom stereocenters. The number of hydrogen-bond donors (Lipinski definition) is 0. The van der Waals surface area contributed by atoms with E-state index in [9.17, 15) is 4.39 Å². The van der Waals surface area contributed by atoms with Crippen LogP contribution in [0.4, 0.5) is 4.39 Å². The molecule has 0 aliphatic rings. The van der Waals surface area contributed by atoms with Crippen LogP contribution in [0.5, 0.6) is 0 Å². The Morgan fingerprint density at radius 3 is 2.64 bits per heavy atom. The summed E-state index contributed by atoms with van der Waals surface area (Å²) in [7, 11) is 4.76. The maximum absolute atomic E-state index is 13.2. The minimum atomic E-state index is -0.562. The zero-order valence-electron chi connectivity index (χ0n) is 7.63. The zero-order valence-corrected chi connectivity index (χ0v) is 9.94. The molecule has 5 heteroatoms. The second kappa shape index (κ2) is 4.13. The highest BCUT2D eigenvalue weighted by Gasteiger charge is 2.14. The quantitative estimate of drug-likeness (QED) is 0.408. The van der Waals surface area contributed by atoms with E-state index in [1.807, 2.05) is 6.07 Å². The molecule has 0 aliphatic carbocycles. The summed E-state index contributed by atoms with van der Waals surface area (Å²) in [5, 5.41) is 9.41. The van der Waals surface area contributed by atoms with Gasteiger partial charge in [-0.25, -0.2) is 4.98 Å². The number of allylic oxidation sites excluding steroid dienone is 1. The first-order valence-corrected chi connectivity index (χ1v) is 4.95. The fourth-order valence-corrected chi connectivity index (χ4v) is 1.84. The summed E-state index contributed by atoms with van der Waals surface area (Å²) in [6.07, 6.45) is 0. The van der Waals surface area contributed by atoms with Crippen LogP contribution in [0.25, 0.3) is 5.57 Å². The van der Waals surface area contributed by atoms with Crippen molar-refractivity contribution in [1.82, 2.24) is 4.98 Å². The highest BCUT2D eigenvalue weighted by Crippen LogP contribution is 2.17. The summed E-state index contributed by atoms with van der Waals surface area (Å²) in [6, 6.07) is 1.91. The minimum Gasteiger partial charge on any atom is -0.220 e. The summed E-state index contributed by atoms with van der Waals surface area (Å²) >= 11 is 0. The molecule has 1 aromatic rings. The van der Waals surface area contributed by atoms with Crippen molar-refractivity contribution in [2.75, 3.05) is 0 Å². The predicted octanol–water partition coefficient (Wildman–Crippen LogP) is 1.07. The van der Waals surface area contributed by atoms with Crippen molar-refractivity contribution in [2.24, 2.45) is 0 Å². The second-order valence-corrected chi connectivity index (χ2v) is 3.92. The lowest BCUT2D eigenvalue weighted by Gasteiger charge is -2.10. The van der Waals surface area contributed by atoms with E-state index >= 15 is 0 Å². The monoisotopic (exact) mass is 226 g/mol. The lowest BCUT2D eigenvalue weighted by atomic mass is 10.1. The van der Waals surface area contributed by atoms with Crippen LogP contribution >= 0.6 is 18.5 Å². The molecule has 2 nitrogen and oxygen atoms in total. The van der Waals surface area contributed by atoms with E-state index in [0.29, 0.717) is 21.9 Å². The molecule has 0 fully saturated rings. The molecule has 14 heavy (non-hydrogen) atoms. The van der Waals surface area contributed by atoms with Gasteiger partial charge < -0.3 is 0 Å². The van der Waals surface area contributed by atoms with Gasteiger partial charge in [0, 0.05) is 16.4 Å². The highest BCUT2D eigenvalue weighted by atomic mass is 31.0. The largest absolute Gasteiger partial charge is 0.220 e. The van der Waals surface area contributed by atoms with Crippen molar-refractivity contribution in [2.45, 2.75) is 6.92 Å². The van der Waals surface area contributed by atoms with Crippen LogP contribution in [0, 0.1) is 24.2 Å². The van der Waals surface area contributed by atoms with Gasteiger partial charge in [0.15, 0.2) is 0 Å². The molecule has 0 saturated heterocycles. The number of halogens is 1. The molecular formula is C9H9FN2P2. The smallest absolute Gasteiger partial charge is 0.217 e. The number of nitrogens with zero attached hydrogens (tertiary/aromatic N) is 2. The Hall–Kier alpha value is -0.830. The van der Waals surface area contributed by atoms with E-state index in [0.717, 1.165) is 0 Å². The maximum atomic E-state index is 13.2. The van der Waals surface area contributed by atoms with Crippen LogP contribution in [0.1, 0.15) is 11.1 Å². The SMILES string of the molecule is C=C(C#N)c1c(C)c(F)nc(P)c1P. The number of hydrogen-bond acceptors (Lipinski definition) is 2. The second-order valence-electron chi connectivity index (χ2n) is 2.79. The van der Waals surface area contributed by atoms with E-state index < -0.39 is 5.95 Å².